The van der Waals surface area contributed by atoms with Crippen molar-refractivity contribution in [3.8, 4) is 0 Å². The summed E-state index contributed by atoms with van der Waals surface area (Å²) in [4.78, 5) is 2.60. The highest BCUT2D eigenvalue weighted by molar-refractivity contribution is 4.78. The minimum Gasteiger partial charge on any atom is -0.316 e. The van der Waals surface area contributed by atoms with Gasteiger partial charge in [-0.25, -0.2) is 0 Å². The summed E-state index contributed by atoms with van der Waals surface area (Å²) in [6.45, 7) is 13.2. The van der Waals surface area contributed by atoms with Gasteiger partial charge in [-0.15, -0.1) is 0 Å². The molecule has 0 aliphatic carbocycles. The lowest BCUT2D eigenvalue weighted by Crippen LogP contribution is -2.48. The van der Waals surface area contributed by atoms with Gasteiger partial charge < -0.3 is 10.2 Å². The van der Waals surface area contributed by atoms with Crippen molar-refractivity contribution in [2.24, 2.45) is 11.8 Å². The normalized spacial score (nSPS) is 20.3. The summed E-state index contributed by atoms with van der Waals surface area (Å²) in [6, 6.07) is 0. The maximum absolute atomic E-state index is 3.33. The van der Waals surface area contributed by atoms with Gasteiger partial charge in [-0.3, -0.25) is 0 Å². The third-order valence-corrected chi connectivity index (χ3v) is 3.10. The molecule has 1 aliphatic rings. The third-order valence-electron chi connectivity index (χ3n) is 3.10. The molecule has 2 nitrogen and oxygen atoms in total. The molecule has 0 aromatic rings. The molecule has 0 bridgehead atoms. The Hall–Kier alpha value is -0.0800. The van der Waals surface area contributed by atoms with Crippen molar-refractivity contribution in [2.45, 2.75) is 27.2 Å². The van der Waals surface area contributed by atoms with Gasteiger partial charge in [-0.05, 0) is 18.4 Å². The lowest BCUT2D eigenvalue weighted by molar-refractivity contribution is 0.179. The molecule has 1 heterocycles. The Morgan fingerprint density at radius 3 is 2.46 bits per heavy atom. The van der Waals surface area contributed by atoms with Crippen molar-refractivity contribution >= 4 is 0 Å². The largest absolute Gasteiger partial charge is 0.316 e. The minimum absolute atomic E-state index is 0.855. The third kappa shape index (κ3) is 3.65. The van der Waals surface area contributed by atoms with Gasteiger partial charge in [0.1, 0.15) is 0 Å². The van der Waals surface area contributed by atoms with Gasteiger partial charge in [0, 0.05) is 26.2 Å². The molecule has 0 spiro atoms. The van der Waals surface area contributed by atoms with Crippen LogP contribution >= 0.6 is 0 Å². The fraction of sp³-hybridized carbons (Fsp3) is 1.00. The predicted octanol–water partition coefficient (Wildman–Crippen LogP) is 1.57. The second-order valence-electron chi connectivity index (χ2n) is 4.39. The highest BCUT2D eigenvalue weighted by atomic mass is 15.1. The predicted molar refractivity (Wildman–Crippen MR) is 57.9 cm³/mol. The van der Waals surface area contributed by atoms with E-state index in [1.807, 2.05) is 0 Å². The summed E-state index contributed by atoms with van der Waals surface area (Å²) in [6.07, 6.45) is 1.30. The highest BCUT2D eigenvalue weighted by Gasteiger charge is 2.19. The lowest BCUT2D eigenvalue weighted by atomic mass is 10.0. The topological polar surface area (TPSA) is 15.3 Å². The summed E-state index contributed by atoms with van der Waals surface area (Å²) in [5, 5.41) is 3.33. The van der Waals surface area contributed by atoms with E-state index in [0.29, 0.717) is 0 Å². The average molecular weight is 184 g/mol. The average Bonchev–Trinajstić information content (AvgIpc) is 2.08. The van der Waals surface area contributed by atoms with Gasteiger partial charge in [0.05, 0.1) is 0 Å². The molecule has 1 atom stereocenters. The summed E-state index contributed by atoms with van der Waals surface area (Å²) in [5.41, 5.74) is 0. The first kappa shape index (κ1) is 11.0. The fourth-order valence-electron chi connectivity index (χ4n) is 1.75. The molecule has 0 amide bonds. The van der Waals surface area contributed by atoms with Crippen molar-refractivity contribution in [1.82, 2.24) is 10.2 Å². The van der Waals surface area contributed by atoms with Crippen LogP contribution in [0, 0.1) is 11.8 Å². The van der Waals surface area contributed by atoms with Crippen molar-refractivity contribution in [1.29, 1.82) is 0 Å². The first-order valence-corrected chi connectivity index (χ1v) is 5.69. The first-order valence-electron chi connectivity index (χ1n) is 5.69. The van der Waals surface area contributed by atoms with Crippen molar-refractivity contribution < 1.29 is 0 Å². The van der Waals surface area contributed by atoms with E-state index >= 15 is 0 Å². The maximum Gasteiger partial charge on any atom is 0.00340 e. The zero-order valence-electron chi connectivity index (χ0n) is 9.34. The Morgan fingerprint density at radius 2 is 2.08 bits per heavy atom. The molecule has 13 heavy (non-hydrogen) atoms. The van der Waals surface area contributed by atoms with Gasteiger partial charge in [0.2, 0.25) is 0 Å². The van der Waals surface area contributed by atoms with Crippen LogP contribution in [-0.4, -0.2) is 37.6 Å². The van der Waals surface area contributed by atoms with Gasteiger partial charge in [-0.1, -0.05) is 27.2 Å². The summed E-state index contributed by atoms with van der Waals surface area (Å²) < 4.78 is 0. The van der Waals surface area contributed by atoms with E-state index in [0.717, 1.165) is 11.8 Å². The molecule has 1 rings (SSSR count). The number of hydrogen-bond acceptors (Lipinski definition) is 2. The van der Waals surface area contributed by atoms with E-state index in [1.165, 1.54) is 39.1 Å². The van der Waals surface area contributed by atoms with E-state index in [-0.39, 0.29) is 0 Å². The van der Waals surface area contributed by atoms with Crippen LogP contribution < -0.4 is 5.32 Å². The number of nitrogens with one attached hydrogen (secondary N) is 1. The second-order valence-corrected chi connectivity index (χ2v) is 4.39. The molecule has 0 aromatic heterocycles. The van der Waals surface area contributed by atoms with Crippen LogP contribution in [0.4, 0.5) is 0 Å². The summed E-state index contributed by atoms with van der Waals surface area (Å²) in [7, 11) is 0. The quantitative estimate of drug-likeness (QED) is 0.674. The van der Waals surface area contributed by atoms with Crippen LogP contribution in [0.2, 0.25) is 0 Å². The number of rotatable bonds is 6. The standard InChI is InChI=1S/C11H24N2/c1-4-10(3)8-13(5-2)9-11-6-12-7-11/h10-12H,4-9H2,1-3H3. The van der Waals surface area contributed by atoms with Crippen LogP contribution in [0.5, 0.6) is 0 Å². The zero-order chi connectivity index (χ0) is 9.68. The van der Waals surface area contributed by atoms with Gasteiger partial charge in [-0.2, -0.15) is 0 Å². The SMILES string of the molecule is CCC(C)CN(CC)CC1CNC1. The van der Waals surface area contributed by atoms with E-state index < -0.39 is 0 Å². The molecule has 1 N–H and O–H groups in total. The van der Waals surface area contributed by atoms with Gasteiger partial charge in [0.15, 0.2) is 0 Å². The molecule has 78 valence electrons. The number of hydrogen-bond donors (Lipinski definition) is 1. The van der Waals surface area contributed by atoms with Crippen molar-refractivity contribution in [2.75, 3.05) is 32.7 Å². The van der Waals surface area contributed by atoms with E-state index in [9.17, 15) is 0 Å². The molecule has 1 saturated heterocycles. The van der Waals surface area contributed by atoms with Crippen LogP contribution in [0.3, 0.4) is 0 Å². The Bertz CT molecular complexity index is 125. The monoisotopic (exact) mass is 184 g/mol. The summed E-state index contributed by atoms with van der Waals surface area (Å²) >= 11 is 0. The molecule has 0 radical (unpaired) electrons. The zero-order valence-corrected chi connectivity index (χ0v) is 9.34. The molecular formula is C11H24N2. The molecule has 0 saturated carbocycles. The highest BCUT2D eigenvalue weighted by Crippen LogP contribution is 2.09. The van der Waals surface area contributed by atoms with Crippen LogP contribution in [-0.2, 0) is 0 Å². The van der Waals surface area contributed by atoms with E-state index in [4.69, 9.17) is 0 Å². The van der Waals surface area contributed by atoms with Gasteiger partial charge in [0.25, 0.3) is 0 Å². The fourth-order valence-corrected chi connectivity index (χ4v) is 1.75. The Kier molecular flexibility index (Phi) is 4.74. The molecule has 1 aliphatic heterocycles. The first-order chi connectivity index (χ1) is 6.26. The molecular weight excluding hydrogens is 160 g/mol. The van der Waals surface area contributed by atoms with E-state index in [1.54, 1.807) is 0 Å². The molecule has 1 unspecified atom stereocenters. The molecule has 2 heteroatoms. The van der Waals surface area contributed by atoms with Gasteiger partial charge >= 0.3 is 0 Å². The second kappa shape index (κ2) is 5.61. The Balaban J connectivity index is 2.16. The lowest BCUT2D eigenvalue weighted by Gasteiger charge is -2.33. The minimum atomic E-state index is 0.855. The molecule has 0 aromatic carbocycles. The van der Waals surface area contributed by atoms with Crippen LogP contribution in [0.1, 0.15) is 27.2 Å². The molecule has 1 fully saturated rings. The summed E-state index contributed by atoms with van der Waals surface area (Å²) in [5.74, 6) is 1.77. The number of nitrogens with zero attached hydrogens (tertiary/aromatic N) is 1. The van der Waals surface area contributed by atoms with Crippen molar-refractivity contribution in [3.63, 3.8) is 0 Å². The van der Waals surface area contributed by atoms with Crippen LogP contribution in [0.15, 0.2) is 0 Å². The van der Waals surface area contributed by atoms with Crippen LogP contribution in [0.25, 0.3) is 0 Å². The van der Waals surface area contributed by atoms with Crippen molar-refractivity contribution in [3.05, 3.63) is 0 Å². The smallest absolute Gasteiger partial charge is 0.00340 e. The van der Waals surface area contributed by atoms with E-state index in [2.05, 4.69) is 31.0 Å². The Labute approximate surface area is 82.7 Å². The Morgan fingerprint density at radius 1 is 1.38 bits per heavy atom. The maximum atomic E-state index is 3.33.